The molecule has 0 nitrogen and oxygen atoms in total. The van der Waals surface area contributed by atoms with Crippen molar-refractivity contribution in [2.45, 2.75) is 17.8 Å². The minimum absolute atomic E-state index is 2.47. The molecule has 1 aromatic carbocycles. The van der Waals surface area contributed by atoms with Gasteiger partial charge in [0.2, 0.25) is 0 Å². The summed E-state index contributed by atoms with van der Waals surface area (Å²) in [7, 11) is 0. The van der Waals surface area contributed by atoms with E-state index in [1.165, 1.54) is 0 Å². The van der Waals surface area contributed by atoms with Gasteiger partial charge in [0, 0.05) is 0 Å². The summed E-state index contributed by atoms with van der Waals surface area (Å²) in [5.74, 6) is -16.7. The number of benzene rings is 1. The maximum Gasteiger partial charge on any atom is 0.433 e. The van der Waals surface area contributed by atoms with E-state index in [4.69, 9.17) is 0 Å². The van der Waals surface area contributed by atoms with E-state index in [1.54, 1.807) is 0 Å². The van der Waals surface area contributed by atoms with Crippen molar-refractivity contribution in [1.29, 1.82) is 0 Å². The Morgan fingerprint density at radius 1 is 0.632 bits per heavy atom. The molecule has 19 heavy (non-hydrogen) atoms. The number of rotatable bonds is 0. The van der Waals surface area contributed by atoms with Crippen LogP contribution in [-0.4, -0.2) is 6.18 Å². The van der Waals surface area contributed by atoms with Crippen molar-refractivity contribution in [3.05, 3.63) is 34.4 Å². The fourth-order valence-electron chi connectivity index (χ4n) is 1.84. The average Bonchev–Trinajstić information content (AvgIpc) is 2.27. The minimum Gasteiger partial charge on any atom is -0.221 e. The molecule has 0 aromatic heterocycles. The molecule has 0 saturated heterocycles. The van der Waals surface area contributed by atoms with Crippen LogP contribution in [0.3, 0.4) is 0 Å². The van der Waals surface area contributed by atoms with Crippen LogP contribution in [0.5, 0.6) is 0 Å². The Kier molecular flexibility index (Phi) is 2.45. The van der Waals surface area contributed by atoms with Crippen LogP contribution >= 0.6 is 0 Å². The number of hydrogen-bond acceptors (Lipinski definition) is 0. The standard InChI is InChI=1S/C9F10/c10-3-1-2(4(11)6(13)5(3)12)8(15,16)7(1,14)9(17,18)19/t7-/m0/s1. The van der Waals surface area contributed by atoms with E-state index in [1.807, 2.05) is 0 Å². The summed E-state index contributed by atoms with van der Waals surface area (Å²) < 4.78 is 127. The molecule has 1 aliphatic carbocycles. The Morgan fingerprint density at radius 3 is 1.37 bits per heavy atom. The van der Waals surface area contributed by atoms with E-state index in [-0.39, 0.29) is 0 Å². The van der Waals surface area contributed by atoms with Crippen LogP contribution < -0.4 is 0 Å². The van der Waals surface area contributed by atoms with Gasteiger partial charge in [-0.05, 0) is 0 Å². The smallest absolute Gasteiger partial charge is 0.221 e. The topological polar surface area (TPSA) is 0 Å². The highest BCUT2D eigenvalue weighted by Crippen LogP contribution is 2.67. The first kappa shape index (κ1) is 13.9. The fraction of sp³-hybridized carbons (Fsp3) is 0.333. The van der Waals surface area contributed by atoms with Crippen molar-refractivity contribution in [3.63, 3.8) is 0 Å². The zero-order valence-corrected chi connectivity index (χ0v) is 8.28. The van der Waals surface area contributed by atoms with Crippen molar-refractivity contribution < 1.29 is 43.9 Å². The molecular formula is C9F10. The van der Waals surface area contributed by atoms with Gasteiger partial charge in [-0.3, -0.25) is 0 Å². The van der Waals surface area contributed by atoms with E-state index in [2.05, 4.69) is 0 Å². The number of fused-ring (bicyclic) bond motifs is 1. The molecule has 1 aliphatic rings. The number of alkyl halides is 6. The summed E-state index contributed by atoms with van der Waals surface area (Å²) in [5, 5.41) is 0. The van der Waals surface area contributed by atoms with Crippen LogP contribution in [-0.2, 0) is 11.6 Å². The van der Waals surface area contributed by atoms with Crippen LogP contribution in [0.4, 0.5) is 43.9 Å². The Labute approximate surface area is 97.2 Å². The second-order valence-corrected chi connectivity index (χ2v) is 3.74. The highest BCUT2D eigenvalue weighted by molar-refractivity contribution is 5.52. The lowest BCUT2D eigenvalue weighted by Crippen LogP contribution is -2.60. The van der Waals surface area contributed by atoms with Crippen LogP contribution in [0, 0.1) is 23.3 Å². The van der Waals surface area contributed by atoms with Gasteiger partial charge in [0.1, 0.15) is 0 Å². The minimum atomic E-state index is -6.33. The number of halogens is 10. The molecule has 0 amide bonds. The maximum atomic E-state index is 13.4. The molecule has 0 bridgehead atoms. The molecule has 0 aliphatic heterocycles. The quantitative estimate of drug-likeness (QED) is 0.385. The van der Waals surface area contributed by atoms with Gasteiger partial charge in [0.15, 0.2) is 23.3 Å². The molecule has 0 saturated carbocycles. The Bertz CT molecular complexity index is 572. The van der Waals surface area contributed by atoms with Gasteiger partial charge in [-0.2, -0.15) is 22.0 Å². The lowest BCUT2D eigenvalue weighted by molar-refractivity contribution is -0.336. The Balaban J connectivity index is 2.91. The second-order valence-electron chi connectivity index (χ2n) is 3.74. The zero-order chi connectivity index (χ0) is 15.0. The SMILES string of the molecule is Fc1c(F)c(F)c2c(c1F)C(F)(F)[C@]2(F)C(F)(F)F. The lowest BCUT2D eigenvalue weighted by atomic mass is 9.69. The third-order valence-corrected chi connectivity index (χ3v) is 2.75. The molecule has 106 valence electrons. The summed E-state index contributed by atoms with van der Waals surface area (Å²) >= 11 is 0. The predicted octanol–water partition coefficient (Wildman–Crippen LogP) is 4.08. The predicted molar refractivity (Wildman–Crippen MR) is 39.0 cm³/mol. The molecule has 0 fully saturated rings. The highest BCUT2D eigenvalue weighted by atomic mass is 19.4. The third kappa shape index (κ3) is 1.26. The van der Waals surface area contributed by atoms with Crippen molar-refractivity contribution in [1.82, 2.24) is 0 Å². The molecule has 0 spiro atoms. The van der Waals surface area contributed by atoms with Crippen LogP contribution in [0.25, 0.3) is 0 Å². The molecule has 10 heteroatoms. The van der Waals surface area contributed by atoms with Crippen molar-refractivity contribution in [3.8, 4) is 0 Å². The van der Waals surface area contributed by atoms with Gasteiger partial charge in [-0.15, -0.1) is 0 Å². The summed E-state index contributed by atoms with van der Waals surface area (Å²) in [4.78, 5) is 0. The summed E-state index contributed by atoms with van der Waals surface area (Å²) in [6.45, 7) is 0. The van der Waals surface area contributed by atoms with Gasteiger partial charge in [-0.25, -0.2) is 22.0 Å². The normalized spacial score (nSPS) is 24.9. The average molecular weight is 298 g/mol. The van der Waals surface area contributed by atoms with Gasteiger partial charge in [0.25, 0.3) is 0 Å². The summed E-state index contributed by atoms with van der Waals surface area (Å²) in [5.41, 5.74) is -10.6. The summed E-state index contributed by atoms with van der Waals surface area (Å²) in [6.07, 6.45) is -6.33. The van der Waals surface area contributed by atoms with Crippen LogP contribution in [0.1, 0.15) is 11.1 Å². The second kappa shape index (κ2) is 3.34. The molecule has 1 aromatic rings. The molecule has 0 N–H and O–H groups in total. The molecular weight excluding hydrogens is 298 g/mol. The Morgan fingerprint density at radius 2 is 1.00 bits per heavy atom. The van der Waals surface area contributed by atoms with Gasteiger partial charge < -0.3 is 0 Å². The highest BCUT2D eigenvalue weighted by Gasteiger charge is 2.83. The van der Waals surface area contributed by atoms with E-state index in [0.29, 0.717) is 0 Å². The largest absolute Gasteiger partial charge is 0.433 e. The summed E-state index contributed by atoms with van der Waals surface area (Å²) in [6, 6.07) is 0. The Hall–Kier alpha value is -1.48. The first-order valence-electron chi connectivity index (χ1n) is 4.39. The van der Waals surface area contributed by atoms with Crippen molar-refractivity contribution >= 4 is 0 Å². The molecule has 0 unspecified atom stereocenters. The van der Waals surface area contributed by atoms with Crippen molar-refractivity contribution in [2.24, 2.45) is 0 Å². The van der Waals surface area contributed by atoms with Gasteiger partial charge >= 0.3 is 17.8 Å². The third-order valence-electron chi connectivity index (χ3n) is 2.75. The van der Waals surface area contributed by atoms with Crippen LogP contribution in [0.15, 0.2) is 0 Å². The number of hydrogen-bond donors (Lipinski definition) is 0. The fourth-order valence-corrected chi connectivity index (χ4v) is 1.84. The monoisotopic (exact) mass is 298 g/mol. The van der Waals surface area contributed by atoms with Crippen LogP contribution in [0.2, 0.25) is 0 Å². The van der Waals surface area contributed by atoms with Gasteiger partial charge in [0.05, 0.1) is 11.1 Å². The van der Waals surface area contributed by atoms with E-state index in [9.17, 15) is 43.9 Å². The zero-order valence-electron chi connectivity index (χ0n) is 8.28. The van der Waals surface area contributed by atoms with E-state index < -0.39 is 52.2 Å². The molecule has 0 heterocycles. The first-order chi connectivity index (χ1) is 8.39. The van der Waals surface area contributed by atoms with E-state index in [0.717, 1.165) is 0 Å². The van der Waals surface area contributed by atoms with Gasteiger partial charge in [-0.1, -0.05) is 0 Å². The maximum absolute atomic E-state index is 13.4. The lowest BCUT2D eigenvalue weighted by Gasteiger charge is -2.45. The molecule has 0 radical (unpaired) electrons. The molecule has 1 atom stereocenters. The first-order valence-corrected chi connectivity index (χ1v) is 4.39. The van der Waals surface area contributed by atoms with Crippen molar-refractivity contribution in [2.75, 3.05) is 0 Å². The van der Waals surface area contributed by atoms with E-state index >= 15 is 0 Å². The molecule has 2 rings (SSSR count).